The minimum Gasteiger partial charge on any atom is -0.325 e. The summed E-state index contributed by atoms with van der Waals surface area (Å²) < 4.78 is 15.5. The maximum Gasteiger partial charge on any atom is 0.237 e. The molecule has 2 aromatic carbocycles. The molecule has 0 fully saturated rings. The first kappa shape index (κ1) is 18.1. The molecular weight excluding hydrogens is 351 g/mol. The normalized spacial score (nSPS) is 12.0. The first-order valence-electron chi connectivity index (χ1n) is 8.17. The summed E-state index contributed by atoms with van der Waals surface area (Å²) >= 11 is 1.30. The number of rotatable bonds is 5. The van der Waals surface area contributed by atoms with Crippen LogP contribution in [0.2, 0.25) is 0 Å². The van der Waals surface area contributed by atoms with Crippen molar-refractivity contribution in [2.45, 2.75) is 31.2 Å². The molecule has 134 valence electrons. The molecule has 1 heterocycles. The second-order valence-corrected chi connectivity index (χ2v) is 7.22. The van der Waals surface area contributed by atoms with Gasteiger partial charge in [-0.25, -0.2) is 4.39 Å². The highest BCUT2D eigenvalue weighted by Crippen LogP contribution is 2.26. The quantitative estimate of drug-likeness (QED) is 0.686. The van der Waals surface area contributed by atoms with Crippen molar-refractivity contribution in [3.63, 3.8) is 0 Å². The molecule has 3 aromatic rings. The number of nitrogens with zero attached hydrogens (tertiary/aromatic N) is 3. The fraction of sp³-hybridized carbons (Fsp3) is 0.211. The highest BCUT2D eigenvalue weighted by atomic mass is 32.2. The van der Waals surface area contributed by atoms with Gasteiger partial charge in [0.15, 0.2) is 5.16 Å². The Morgan fingerprint density at radius 2 is 1.88 bits per heavy atom. The summed E-state index contributed by atoms with van der Waals surface area (Å²) in [6.45, 7) is 5.33. The average Bonchev–Trinajstić information content (AvgIpc) is 2.99. The molecule has 1 amide bonds. The van der Waals surface area contributed by atoms with Gasteiger partial charge in [-0.05, 0) is 50.6 Å². The van der Waals surface area contributed by atoms with Gasteiger partial charge in [0.25, 0.3) is 0 Å². The number of aryl methyl sites for hydroxylation is 2. The lowest BCUT2D eigenvalue weighted by Crippen LogP contribution is -2.23. The van der Waals surface area contributed by atoms with Crippen molar-refractivity contribution in [1.29, 1.82) is 0 Å². The molecule has 0 aliphatic heterocycles. The maximum absolute atomic E-state index is 13.6. The Balaban J connectivity index is 1.75. The summed E-state index contributed by atoms with van der Waals surface area (Å²) in [7, 11) is 0. The third kappa shape index (κ3) is 3.94. The van der Waals surface area contributed by atoms with Crippen molar-refractivity contribution in [2.75, 3.05) is 5.32 Å². The Hall–Kier alpha value is -2.67. The van der Waals surface area contributed by atoms with Crippen LogP contribution in [0.1, 0.15) is 18.3 Å². The first-order chi connectivity index (χ1) is 12.5. The Labute approximate surface area is 155 Å². The van der Waals surface area contributed by atoms with Crippen molar-refractivity contribution in [3.05, 3.63) is 65.7 Å². The molecule has 0 aliphatic rings. The van der Waals surface area contributed by atoms with Crippen LogP contribution < -0.4 is 5.32 Å². The third-order valence-electron chi connectivity index (χ3n) is 3.90. The number of thioether (sulfide) groups is 1. The summed E-state index contributed by atoms with van der Waals surface area (Å²) in [5.41, 5.74) is 1.91. The van der Waals surface area contributed by atoms with E-state index in [-0.39, 0.29) is 11.7 Å². The summed E-state index contributed by atoms with van der Waals surface area (Å²) in [5.74, 6) is 0.174. The molecule has 26 heavy (non-hydrogen) atoms. The van der Waals surface area contributed by atoms with E-state index >= 15 is 0 Å². The van der Waals surface area contributed by atoms with E-state index in [1.807, 2.05) is 41.8 Å². The highest BCUT2D eigenvalue weighted by Gasteiger charge is 2.20. The molecule has 3 rings (SSSR count). The van der Waals surface area contributed by atoms with Crippen LogP contribution in [0.5, 0.6) is 0 Å². The van der Waals surface area contributed by atoms with E-state index in [1.54, 1.807) is 26.0 Å². The van der Waals surface area contributed by atoms with Crippen LogP contribution in [0.3, 0.4) is 0 Å². The molecule has 0 unspecified atom stereocenters. The number of hydrogen-bond acceptors (Lipinski definition) is 4. The molecule has 0 radical (unpaired) electrons. The molecule has 1 N–H and O–H groups in total. The van der Waals surface area contributed by atoms with Crippen molar-refractivity contribution < 1.29 is 9.18 Å². The van der Waals surface area contributed by atoms with Crippen LogP contribution in [0.4, 0.5) is 10.1 Å². The fourth-order valence-corrected chi connectivity index (χ4v) is 3.33. The van der Waals surface area contributed by atoms with Gasteiger partial charge in [0.1, 0.15) is 11.6 Å². The number of anilines is 1. The molecular formula is C19H19FN4OS. The first-order valence-corrected chi connectivity index (χ1v) is 9.05. The second kappa shape index (κ2) is 7.70. The molecule has 0 bridgehead atoms. The van der Waals surface area contributed by atoms with E-state index in [2.05, 4.69) is 15.5 Å². The number of para-hydroxylation sites is 1. The van der Waals surface area contributed by atoms with Crippen LogP contribution >= 0.6 is 11.8 Å². The van der Waals surface area contributed by atoms with Gasteiger partial charge in [-0.1, -0.05) is 36.0 Å². The Bertz CT molecular complexity index is 927. The van der Waals surface area contributed by atoms with Gasteiger partial charge in [-0.2, -0.15) is 0 Å². The second-order valence-electron chi connectivity index (χ2n) is 5.91. The fourth-order valence-electron chi connectivity index (χ4n) is 2.42. The van der Waals surface area contributed by atoms with Gasteiger partial charge in [0, 0.05) is 11.4 Å². The number of carbonyl (C=O) groups excluding carboxylic acids is 1. The van der Waals surface area contributed by atoms with Gasteiger partial charge in [0.2, 0.25) is 5.91 Å². The number of amides is 1. The Kier molecular flexibility index (Phi) is 5.37. The van der Waals surface area contributed by atoms with Gasteiger partial charge in [0.05, 0.1) is 5.25 Å². The molecule has 0 aliphatic carbocycles. The molecule has 7 heteroatoms. The van der Waals surface area contributed by atoms with E-state index in [1.165, 1.54) is 17.8 Å². The summed E-state index contributed by atoms with van der Waals surface area (Å²) in [5, 5.41) is 11.2. The van der Waals surface area contributed by atoms with Gasteiger partial charge >= 0.3 is 0 Å². The molecule has 1 atom stereocenters. The number of halogens is 1. The summed E-state index contributed by atoms with van der Waals surface area (Å²) in [6, 6.07) is 14.4. The zero-order valence-electron chi connectivity index (χ0n) is 14.7. The van der Waals surface area contributed by atoms with Crippen molar-refractivity contribution in [2.24, 2.45) is 0 Å². The Morgan fingerprint density at radius 3 is 2.58 bits per heavy atom. The van der Waals surface area contributed by atoms with E-state index < -0.39 is 5.25 Å². The van der Waals surface area contributed by atoms with Gasteiger partial charge < -0.3 is 5.32 Å². The van der Waals surface area contributed by atoms with Crippen LogP contribution in [0.25, 0.3) is 5.69 Å². The van der Waals surface area contributed by atoms with Crippen LogP contribution in [0, 0.1) is 19.7 Å². The average molecular weight is 370 g/mol. The lowest BCUT2D eigenvalue weighted by atomic mass is 10.2. The topological polar surface area (TPSA) is 59.8 Å². The van der Waals surface area contributed by atoms with Crippen molar-refractivity contribution in [3.8, 4) is 5.69 Å². The largest absolute Gasteiger partial charge is 0.325 e. The molecule has 0 saturated heterocycles. The smallest absolute Gasteiger partial charge is 0.237 e. The van der Waals surface area contributed by atoms with Crippen LogP contribution in [-0.2, 0) is 4.79 Å². The predicted molar refractivity (Wildman–Crippen MR) is 101 cm³/mol. The van der Waals surface area contributed by atoms with Crippen LogP contribution in [0.15, 0.2) is 53.7 Å². The third-order valence-corrected chi connectivity index (χ3v) is 4.94. The minimum absolute atomic E-state index is 0.224. The van der Waals surface area contributed by atoms with Crippen molar-refractivity contribution >= 4 is 23.4 Å². The molecule has 5 nitrogen and oxygen atoms in total. The molecule has 1 aromatic heterocycles. The van der Waals surface area contributed by atoms with Crippen molar-refractivity contribution in [1.82, 2.24) is 14.8 Å². The SMILES string of the molecule is Cc1ccc(NC(=O)[C@H](C)Sc2nnc(C)n2-c2ccccc2)cc1F. The standard InChI is InChI=1S/C19H19FN4OS/c1-12-9-10-15(11-17(12)20)21-18(25)13(2)26-19-23-22-14(3)24(19)16-7-5-4-6-8-16/h4-11,13H,1-3H3,(H,21,25)/t13-/m0/s1. The number of aromatic nitrogens is 3. The summed E-state index contributed by atoms with van der Waals surface area (Å²) in [4.78, 5) is 12.5. The lowest BCUT2D eigenvalue weighted by Gasteiger charge is -2.13. The Morgan fingerprint density at radius 1 is 1.15 bits per heavy atom. The van der Waals surface area contributed by atoms with E-state index in [4.69, 9.17) is 0 Å². The predicted octanol–water partition coefficient (Wildman–Crippen LogP) is 4.14. The molecule has 0 spiro atoms. The minimum atomic E-state index is -0.426. The van der Waals surface area contributed by atoms with E-state index in [9.17, 15) is 9.18 Å². The zero-order chi connectivity index (χ0) is 18.7. The van der Waals surface area contributed by atoms with E-state index in [0.717, 1.165) is 11.5 Å². The number of benzene rings is 2. The monoisotopic (exact) mass is 370 g/mol. The molecule has 0 saturated carbocycles. The maximum atomic E-state index is 13.6. The highest BCUT2D eigenvalue weighted by molar-refractivity contribution is 8.00. The van der Waals surface area contributed by atoms with Crippen LogP contribution in [-0.4, -0.2) is 25.9 Å². The number of carbonyl (C=O) groups is 1. The zero-order valence-corrected chi connectivity index (χ0v) is 15.5. The van der Waals surface area contributed by atoms with Gasteiger partial charge in [-0.15, -0.1) is 10.2 Å². The number of nitrogens with one attached hydrogen (secondary N) is 1. The lowest BCUT2D eigenvalue weighted by molar-refractivity contribution is -0.115. The number of hydrogen-bond donors (Lipinski definition) is 1. The van der Waals surface area contributed by atoms with E-state index in [0.29, 0.717) is 16.4 Å². The van der Waals surface area contributed by atoms with Gasteiger partial charge in [-0.3, -0.25) is 9.36 Å². The summed E-state index contributed by atoms with van der Waals surface area (Å²) in [6.07, 6.45) is 0.